The zero-order chi connectivity index (χ0) is 20.0. The third-order valence-electron chi connectivity index (χ3n) is 4.80. The van der Waals surface area contributed by atoms with Gasteiger partial charge in [0.1, 0.15) is 17.2 Å². The van der Waals surface area contributed by atoms with E-state index in [1.807, 2.05) is 36.7 Å². The topological polar surface area (TPSA) is 72.3 Å². The number of rotatable bonds is 4. The molecule has 144 valence electrons. The fourth-order valence-corrected chi connectivity index (χ4v) is 3.21. The van der Waals surface area contributed by atoms with Gasteiger partial charge in [0.05, 0.1) is 29.3 Å². The SMILES string of the molecule is COc1cc2nc(Cc3cn4cc(C)c(C)cc4n3)[nH]c(=O)c2cc1C(F)F. The molecule has 4 rings (SSSR count). The molecule has 0 spiro atoms. The quantitative estimate of drug-likeness (QED) is 0.582. The summed E-state index contributed by atoms with van der Waals surface area (Å²) in [4.78, 5) is 24.1. The maximum Gasteiger partial charge on any atom is 0.267 e. The summed E-state index contributed by atoms with van der Waals surface area (Å²) in [6.45, 7) is 4.05. The number of imidazole rings is 1. The van der Waals surface area contributed by atoms with Gasteiger partial charge in [0.25, 0.3) is 12.0 Å². The van der Waals surface area contributed by atoms with Gasteiger partial charge in [0.2, 0.25) is 0 Å². The number of hydrogen-bond acceptors (Lipinski definition) is 4. The van der Waals surface area contributed by atoms with Gasteiger partial charge < -0.3 is 14.1 Å². The molecule has 1 N–H and O–H groups in total. The molecule has 0 atom stereocenters. The van der Waals surface area contributed by atoms with Crippen LogP contribution in [-0.4, -0.2) is 26.5 Å². The number of fused-ring (bicyclic) bond motifs is 2. The molecule has 8 heteroatoms. The van der Waals surface area contributed by atoms with E-state index in [0.717, 1.165) is 28.5 Å². The second-order valence-electron chi connectivity index (χ2n) is 6.74. The molecule has 0 amide bonds. The molecule has 0 unspecified atom stereocenters. The lowest BCUT2D eigenvalue weighted by Gasteiger charge is -2.09. The number of hydrogen-bond donors (Lipinski definition) is 1. The Kier molecular flexibility index (Phi) is 4.33. The van der Waals surface area contributed by atoms with E-state index in [1.165, 1.54) is 13.2 Å². The number of ether oxygens (including phenoxy) is 1. The average Bonchev–Trinajstić information content (AvgIpc) is 3.01. The molecule has 0 aliphatic carbocycles. The minimum Gasteiger partial charge on any atom is -0.496 e. The minimum absolute atomic E-state index is 0.00484. The zero-order valence-corrected chi connectivity index (χ0v) is 15.6. The second-order valence-corrected chi connectivity index (χ2v) is 6.74. The molecule has 0 radical (unpaired) electrons. The molecule has 6 nitrogen and oxygen atoms in total. The lowest BCUT2D eigenvalue weighted by atomic mass is 10.1. The van der Waals surface area contributed by atoms with E-state index in [2.05, 4.69) is 15.0 Å². The highest BCUT2D eigenvalue weighted by atomic mass is 19.3. The first-order valence-corrected chi connectivity index (χ1v) is 8.69. The molecule has 3 heterocycles. The van der Waals surface area contributed by atoms with Crippen LogP contribution >= 0.6 is 0 Å². The molecule has 0 aliphatic heterocycles. The van der Waals surface area contributed by atoms with Crippen LogP contribution in [-0.2, 0) is 6.42 Å². The van der Waals surface area contributed by atoms with Crippen LogP contribution in [0, 0.1) is 13.8 Å². The number of aromatic nitrogens is 4. The van der Waals surface area contributed by atoms with Crippen molar-refractivity contribution in [3.63, 3.8) is 0 Å². The summed E-state index contributed by atoms with van der Waals surface area (Å²) in [7, 11) is 1.31. The van der Waals surface area contributed by atoms with Crippen LogP contribution in [0.25, 0.3) is 16.6 Å². The minimum atomic E-state index is -2.75. The van der Waals surface area contributed by atoms with Crippen molar-refractivity contribution in [1.29, 1.82) is 0 Å². The van der Waals surface area contributed by atoms with Crippen molar-refractivity contribution in [2.75, 3.05) is 7.11 Å². The van der Waals surface area contributed by atoms with Gasteiger partial charge in [0, 0.05) is 24.9 Å². The molecular weight excluding hydrogens is 366 g/mol. The number of nitrogens with one attached hydrogen (secondary N) is 1. The number of pyridine rings is 1. The normalized spacial score (nSPS) is 11.6. The van der Waals surface area contributed by atoms with Gasteiger partial charge in [-0.3, -0.25) is 4.79 Å². The van der Waals surface area contributed by atoms with Crippen molar-refractivity contribution in [3.8, 4) is 5.75 Å². The fourth-order valence-electron chi connectivity index (χ4n) is 3.21. The maximum atomic E-state index is 13.2. The summed E-state index contributed by atoms with van der Waals surface area (Å²) < 4.78 is 33.3. The van der Waals surface area contributed by atoms with Crippen molar-refractivity contribution >= 4 is 16.6 Å². The molecule has 0 bridgehead atoms. The van der Waals surface area contributed by atoms with Gasteiger partial charge in [-0.05, 0) is 37.1 Å². The predicted molar refractivity (Wildman–Crippen MR) is 101 cm³/mol. The van der Waals surface area contributed by atoms with Gasteiger partial charge in [-0.2, -0.15) is 0 Å². The zero-order valence-electron chi connectivity index (χ0n) is 15.6. The van der Waals surface area contributed by atoms with Gasteiger partial charge >= 0.3 is 0 Å². The summed E-state index contributed by atoms with van der Waals surface area (Å²) in [5.74, 6) is 0.409. The van der Waals surface area contributed by atoms with E-state index < -0.39 is 12.0 Å². The molecule has 0 saturated heterocycles. The standard InChI is InChI=1S/C20H18F2N4O2/c1-10-4-18-23-12(9-26(18)8-11(10)2)5-17-24-15-7-16(28-3)14(19(21)22)6-13(15)20(27)25-17/h4,6-9,19H,5H2,1-3H3,(H,24,25,27). The molecule has 0 fully saturated rings. The Hall–Kier alpha value is -3.29. The Bertz CT molecular complexity index is 1220. The summed E-state index contributed by atoms with van der Waals surface area (Å²) in [6, 6.07) is 4.49. The van der Waals surface area contributed by atoms with E-state index in [1.54, 1.807) is 0 Å². The summed E-state index contributed by atoms with van der Waals surface area (Å²) >= 11 is 0. The highest BCUT2D eigenvalue weighted by Gasteiger charge is 2.17. The van der Waals surface area contributed by atoms with Crippen LogP contribution in [0.5, 0.6) is 5.75 Å². The Morgan fingerprint density at radius 2 is 1.93 bits per heavy atom. The molecule has 0 saturated carbocycles. The first-order valence-electron chi connectivity index (χ1n) is 8.69. The van der Waals surface area contributed by atoms with E-state index in [-0.39, 0.29) is 16.7 Å². The monoisotopic (exact) mass is 384 g/mol. The van der Waals surface area contributed by atoms with E-state index >= 15 is 0 Å². The van der Waals surface area contributed by atoms with Crippen molar-refractivity contribution < 1.29 is 13.5 Å². The first kappa shape index (κ1) is 18.1. The van der Waals surface area contributed by atoms with E-state index in [9.17, 15) is 13.6 Å². The van der Waals surface area contributed by atoms with Crippen LogP contribution in [0.15, 0.2) is 35.4 Å². The van der Waals surface area contributed by atoms with Gasteiger partial charge in [-0.15, -0.1) is 0 Å². The highest BCUT2D eigenvalue weighted by Crippen LogP contribution is 2.31. The smallest absolute Gasteiger partial charge is 0.267 e. The van der Waals surface area contributed by atoms with Crippen molar-refractivity contribution in [2.24, 2.45) is 0 Å². The molecule has 0 aliphatic rings. The molecule has 1 aromatic carbocycles. The van der Waals surface area contributed by atoms with Crippen molar-refractivity contribution in [2.45, 2.75) is 26.7 Å². The number of halogens is 2. The van der Waals surface area contributed by atoms with Crippen LogP contribution < -0.4 is 10.3 Å². The van der Waals surface area contributed by atoms with Crippen molar-refractivity contribution in [1.82, 2.24) is 19.4 Å². The molecule has 3 aromatic heterocycles. The molecule has 28 heavy (non-hydrogen) atoms. The Morgan fingerprint density at radius 1 is 1.14 bits per heavy atom. The lowest BCUT2D eigenvalue weighted by molar-refractivity contribution is 0.147. The van der Waals surface area contributed by atoms with E-state index in [0.29, 0.717) is 17.8 Å². The Morgan fingerprint density at radius 3 is 2.64 bits per heavy atom. The third kappa shape index (κ3) is 3.11. The number of methoxy groups -OCH3 is 1. The van der Waals surface area contributed by atoms with Gasteiger partial charge in [-0.1, -0.05) is 0 Å². The summed E-state index contributed by atoms with van der Waals surface area (Å²) in [5, 5.41) is 0.0982. The highest BCUT2D eigenvalue weighted by molar-refractivity contribution is 5.80. The number of aromatic amines is 1. The first-order chi connectivity index (χ1) is 13.4. The van der Waals surface area contributed by atoms with Crippen LogP contribution in [0.2, 0.25) is 0 Å². The largest absolute Gasteiger partial charge is 0.496 e. The van der Waals surface area contributed by atoms with E-state index in [4.69, 9.17) is 4.74 Å². The van der Waals surface area contributed by atoms with Gasteiger partial charge in [-0.25, -0.2) is 18.7 Å². The molecular formula is C20H18F2N4O2. The number of benzene rings is 1. The number of alkyl halides is 2. The number of H-pyrrole nitrogens is 1. The third-order valence-corrected chi connectivity index (χ3v) is 4.80. The summed E-state index contributed by atoms with van der Waals surface area (Å²) in [5.41, 5.74) is 3.34. The van der Waals surface area contributed by atoms with Crippen LogP contribution in [0.4, 0.5) is 8.78 Å². The Labute approximate surface area is 158 Å². The van der Waals surface area contributed by atoms with Crippen molar-refractivity contribution in [3.05, 3.63) is 69.2 Å². The second kappa shape index (κ2) is 6.70. The maximum absolute atomic E-state index is 13.2. The van der Waals surface area contributed by atoms with Gasteiger partial charge in [0.15, 0.2) is 0 Å². The Balaban J connectivity index is 1.77. The average molecular weight is 384 g/mol. The molecule has 4 aromatic rings. The fraction of sp³-hybridized carbons (Fsp3) is 0.250. The predicted octanol–water partition coefficient (Wildman–Crippen LogP) is 3.72. The summed E-state index contributed by atoms with van der Waals surface area (Å²) in [6.07, 6.45) is 1.44. The lowest BCUT2D eigenvalue weighted by Crippen LogP contribution is -2.13. The van der Waals surface area contributed by atoms with Crippen LogP contribution in [0.1, 0.15) is 34.6 Å². The number of nitrogens with zero attached hydrogens (tertiary/aromatic N) is 3. The number of aryl methyl sites for hydroxylation is 2. The van der Waals surface area contributed by atoms with Crippen LogP contribution in [0.3, 0.4) is 0 Å².